The third-order valence-electron chi connectivity index (χ3n) is 2.06. The Hall–Kier alpha value is -0.570. The average Bonchev–Trinajstić information content (AvgIpc) is 1.88. The van der Waals surface area contributed by atoms with Gasteiger partial charge in [-0.2, -0.15) is 0 Å². The van der Waals surface area contributed by atoms with Gasteiger partial charge in [-0.15, -0.1) is 0 Å². The number of carbonyl (C=O) groups is 1. The van der Waals surface area contributed by atoms with Gasteiger partial charge in [0, 0.05) is 6.04 Å². The van der Waals surface area contributed by atoms with Crippen LogP contribution >= 0.6 is 0 Å². The second-order valence-electron chi connectivity index (χ2n) is 2.84. The van der Waals surface area contributed by atoms with E-state index in [0.717, 1.165) is 12.8 Å². The van der Waals surface area contributed by atoms with Crippen molar-refractivity contribution < 1.29 is 9.90 Å². The predicted octanol–water partition coefficient (Wildman–Crippen LogP) is 1.22. The number of nitrogens with two attached hydrogens (primary N) is 1. The summed E-state index contributed by atoms with van der Waals surface area (Å²) in [5.74, 6) is -0.449. The molecular formula is C8H17NO2. The van der Waals surface area contributed by atoms with E-state index >= 15 is 0 Å². The van der Waals surface area contributed by atoms with Crippen molar-refractivity contribution in [2.45, 2.75) is 39.2 Å². The fraction of sp³-hybridized carbons (Fsp3) is 0.875. The van der Waals surface area contributed by atoms with Crippen LogP contribution in [0.5, 0.6) is 0 Å². The van der Waals surface area contributed by atoms with Crippen molar-refractivity contribution in [2.75, 3.05) is 0 Å². The van der Waals surface area contributed by atoms with Crippen LogP contribution in [0.15, 0.2) is 0 Å². The molecule has 0 saturated heterocycles. The molecule has 0 rings (SSSR count). The molecule has 0 bridgehead atoms. The van der Waals surface area contributed by atoms with E-state index in [1.165, 1.54) is 0 Å². The standard InChI is InChI=1S/C8H17NO2/c1-3-6(4-2)7(9)5-8(10)11/h6-7H,3-5,9H2,1-2H3,(H,10,11). The van der Waals surface area contributed by atoms with E-state index in [1.807, 2.05) is 13.8 Å². The number of hydrogen-bond donors (Lipinski definition) is 2. The van der Waals surface area contributed by atoms with Crippen molar-refractivity contribution in [1.82, 2.24) is 0 Å². The Morgan fingerprint density at radius 1 is 1.45 bits per heavy atom. The molecule has 66 valence electrons. The van der Waals surface area contributed by atoms with Crippen molar-refractivity contribution >= 4 is 5.97 Å². The summed E-state index contributed by atoms with van der Waals surface area (Å²) in [6.45, 7) is 4.08. The van der Waals surface area contributed by atoms with Crippen LogP contribution in [-0.4, -0.2) is 17.1 Å². The summed E-state index contributed by atoms with van der Waals surface area (Å²) in [5.41, 5.74) is 5.66. The lowest BCUT2D eigenvalue weighted by Gasteiger charge is -2.18. The Kier molecular flexibility index (Phi) is 4.86. The van der Waals surface area contributed by atoms with Crippen LogP contribution in [0.4, 0.5) is 0 Å². The SMILES string of the molecule is CCC(CC)C(N)CC(=O)O. The van der Waals surface area contributed by atoms with E-state index in [0.29, 0.717) is 5.92 Å². The van der Waals surface area contributed by atoms with Crippen molar-refractivity contribution in [1.29, 1.82) is 0 Å². The molecule has 3 heteroatoms. The Morgan fingerprint density at radius 2 is 1.91 bits per heavy atom. The Balaban J connectivity index is 3.78. The number of aliphatic carboxylic acids is 1. The summed E-state index contributed by atoms with van der Waals surface area (Å²) >= 11 is 0. The number of hydrogen-bond acceptors (Lipinski definition) is 2. The minimum atomic E-state index is -0.801. The Morgan fingerprint density at radius 3 is 2.18 bits per heavy atom. The summed E-state index contributed by atoms with van der Waals surface area (Å²) in [4.78, 5) is 10.3. The zero-order chi connectivity index (χ0) is 8.85. The third kappa shape index (κ3) is 3.98. The molecule has 0 aromatic heterocycles. The van der Waals surface area contributed by atoms with Crippen LogP contribution in [-0.2, 0) is 4.79 Å². The van der Waals surface area contributed by atoms with E-state index in [2.05, 4.69) is 0 Å². The molecular weight excluding hydrogens is 142 g/mol. The molecule has 3 N–H and O–H groups in total. The van der Waals surface area contributed by atoms with Gasteiger partial charge in [-0.05, 0) is 5.92 Å². The summed E-state index contributed by atoms with van der Waals surface area (Å²) in [6.07, 6.45) is 2.02. The molecule has 1 atom stereocenters. The van der Waals surface area contributed by atoms with Crippen LogP contribution in [0.3, 0.4) is 0 Å². The minimum absolute atomic E-state index is 0.0896. The van der Waals surface area contributed by atoms with Gasteiger partial charge < -0.3 is 10.8 Å². The molecule has 0 aliphatic rings. The normalized spacial score (nSPS) is 13.5. The lowest BCUT2D eigenvalue weighted by molar-refractivity contribution is -0.137. The van der Waals surface area contributed by atoms with Crippen molar-refractivity contribution in [2.24, 2.45) is 11.7 Å². The Labute approximate surface area is 67.6 Å². The average molecular weight is 159 g/mol. The first-order valence-electron chi connectivity index (χ1n) is 4.09. The van der Waals surface area contributed by atoms with Crippen LogP contribution in [0.1, 0.15) is 33.1 Å². The van der Waals surface area contributed by atoms with Crippen LogP contribution in [0.2, 0.25) is 0 Å². The molecule has 0 fully saturated rings. The second-order valence-corrected chi connectivity index (χ2v) is 2.84. The molecule has 0 aromatic carbocycles. The van der Waals surface area contributed by atoms with Gasteiger partial charge in [0.1, 0.15) is 0 Å². The summed E-state index contributed by atoms with van der Waals surface area (Å²) < 4.78 is 0. The lowest BCUT2D eigenvalue weighted by atomic mass is 9.93. The van der Waals surface area contributed by atoms with Gasteiger partial charge in [0.05, 0.1) is 6.42 Å². The van der Waals surface area contributed by atoms with E-state index in [4.69, 9.17) is 10.8 Å². The largest absolute Gasteiger partial charge is 0.481 e. The molecule has 0 spiro atoms. The monoisotopic (exact) mass is 159 g/mol. The van der Waals surface area contributed by atoms with Gasteiger partial charge in [-0.3, -0.25) is 4.79 Å². The highest BCUT2D eigenvalue weighted by molar-refractivity contribution is 5.67. The Bertz CT molecular complexity index is 121. The molecule has 0 saturated carbocycles. The second kappa shape index (κ2) is 5.13. The number of carboxylic acid groups (broad SMARTS) is 1. The highest BCUT2D eigenvalue weighted by atomic mass is 16.4. The molecule has 0 radical (unpaired) electrons. The molecule has 0 aliphatic carbocycles. The van der Waals surface area contributed by atoms with Crippen LogP contribution < -0.4 is 5.73 Å². The zero-order valence-corrected chi connectivity index (χ0v) is 7.21. The fourth-order valence-corrected chi connectivity index (χ4v) is 1.26. The smallest absolute Gasteiger partial charge is 0.304 e. The maximum Gasteiger partial charge on any atom is 0.304 e. The van der Waals surface area contributed by atoms with Crippen molar-refractivity contribution in [3.63, 3.8) is 0 Å². The highest BCUT2D eigenvalue weighted by Crippen LogP contribution is 2.13. The van der Waals surface area contributed by atoms with Crippen LogP contribution in [0, 0.1) is 5.92 Å². The van der Waals surface area contributed by atoms with Gasteiger partial charge in [0.15, 0.2) is 0 Å². The van der Waals surface area contributed by atoms with Crippen LogP contribution in [0.25, 0.3) is 0 Å². The zero-order valence-electron chi connectivity index (χ0n) is 7.21. The van der Waals surface area contributed by atoms with Gasteiger partial charge in [0.25, 0.3) is 0 Å². The maximum atomic E-state index is 10.3. The molecule has 11 heavy (non-hydrogen) atoms. The molecule has 0 aromatic rings. The quantitative estimate of drug-likeness (QED) is 0.634. The third-order valence-corrected chi connectivity index (χ3v) is 2.06. The molecule has 1 unspecified atom stereocenters. The topological polar surface area (TPSA) is 63.3 Å². The van der Waals surface area contributed by atoms with Crippen molar-refractivity contribution in [3.05, 3.63) is 0 Å². The first-order chi connectivity index (χ1) is 5.11. The minimum Gasteiger partial charge on any atom is -0.481 e. The number of carboxylic acids is 1. The molecule has 0 amide bonds. The summed E-state index contributed by atoms with van der Waals surface area (Å²) in [5, 5.41) is 8.44. The van der Waals surface area contributed by atoms with Gasteiger partial charge >= 0.3 is 5.97 Å². The highest BCUT2D eigenvalue weighted by Gasteiger charge is 2.16. The van der Waals surface area contributed by atoms with E-state index in [9.17, 15) is 4.79 Å². The first-order valence-corrected chi connectivity index (χ1v) is 4.09. The first kappa shape index (κ1) is 10.4. The van der Waals surface area contributed by atoms with E-state index < -0.39 is 5.97 Å². The summed E-state index contributed by atoms with van der Waals surface area (Å²) in [7, 11) is 0. The molecule has 0 aliphatic heterocycles. The van der Waals surface area contributed by atoms with Gasteiger partial charge in [0.2, 0.25) is 0 Å². The number of rotatable bonds is 5. The van der Waals surface area contributed by atoms with Crippen molar-refractivity contribution in [3.8, 4) is 0 Å². The fourth-order valence-electron chi connectivity index (χ4n) is 1.26. The lowest BCUT2D eigenvalue weighted by Crippen LogP contribution is -2.31. The molecule has 3 nitrogen and oxygen atoms in total. The van der Waals surface area contributed by atoms with E-state index in [-0.39, 0.29) is 12.5 Å². The summed E-state index contributed by atoms with van der Waals surface area (Å²) in [6, 6.07) is -0.178. The van der Waals surface area contributed by atoms with Gasteiger partial charge in [-0.25, -0.2) is 0 Å². The predicted molar refractivity (Wildman–Crippen MR) is 44.3 cm³/mol. The molecule has 0 heterocycles. The maximum absolute atomic E-state index is 10.3. The van der Waals surface area contributed by atoms with E-state index in [1.54, 1.807) is 0 Å². The van der Waals surface area contributed by atoms with Gasteiger partial charge in [-0.1, -0.05) is 26.7 Å².